The smallest absolute Gasteiger partial charge is 0.160 e. The van der Waals surface area contributed by atoms with Crippen LogP contribution in [0.3, 0.4) is 0 Å². The summed E-state index contributed by atoms with van der Waals surface area (Å²) >= 11 is 0. The molecule has 0 fully saturated rings. The standard InChI is InChI=1S/C29H30N4Si/c1-7-27-32-28-20(2)16-21(3)31-29(28)33(27)19-23-9-11-24(12-10-23)26-17-22(8-13-25(26)18-30)14-15-34(4,5)6/h8-13,16-17H,7,19H2,1-6H3. The van der Waals surface area contributed by atoms with Gasteiger partial charge in [-0.3, -0.25) is 0 Å². The second-order valence-corrected chi connectivity index (χ2v) is 14.5. The summed E-state index contributed by atoms with van der Waals surface area (Å²) in [5, 5.41) is 9.66. The summed E-state index contributed by atoms with van der Waals surface area (Å²) in [5.41, 5.74) is 12.2. The zero-order valence-electron chi connectivity index (χ0n) is 20.8. The third kappa shape index (κ3) is 4.96. The number of hydrogen-bond acceptors (Lipinski definition) is 3. The number of pyridine rings is 1. The molecule has 0 saturated carbocycles. The molecule has 2 aromatic carbocycles. The normalized spacial score (nSPS) is 11.2. The van der Waals surface area contributed by atoms with Crippen molar-refractivity contribution in [3.05, 3.63) is 82.3 Å². The van der Waals surface area contributed by atoms with Crippen molar-refractivity contribution >= 4 is 19.2 Å². The number of benzene rings is 2. The van der Waals surface area contributed by atoms with E-state index in [2.05, 4.69) is 85.9 Å². The average molecular weight is 463 g/mol. The Hall–Kier alpha value is -3.67. The predicted octanol–water partition coefficient (Wildman–Crippen LogP) is 6.43. The number of nitrogens with zero attached hydrogens (tertiary/aromatic N) is 4. The molecule has 170 valence electrons. The summed E-state index contributed by atoms with van der Waals surface area (Å²) in [4.78, 5) is 9.64. The van der Waals surface area contributed by atoms with Gasteiger partial charge in [-0.15, -0.1) is 5.54 Å². The molecule has 34 heavy (non-hydrogen) atoms. The second-order valence-electron chi connectivity index (χ2n) is 9.79. The van der Waals surface area contributed by atoms with E-state index in [0.29, 0.717) is 12.1 Å². The fourth-order valence-corrected chi connectivity index (χ4v) is 4.59. The van der Waals surface area contributed by atoms with E-state index in [9.17, 15) is 5.26 Å². The molecular weight excluding hydrogens is 432 g/mol. The number of imidazole rings is 1. The first-order valence-electron chi connectivity index (χ1n) is 11.7. The van der Waals surface area contributed by atoms with Crippen LogP contribution in [-0.2, 0) is 13.0 Å². The Balaban J connectivity index is 1.69. The number of fused-ring (bicyclic) bond motifs is 1. The minimum absolute atomic E-state index is 0.662. The maximum absolute atomic E-state index is 9.66. The van der Waals surface area contributed by atoms with E-state index in [0.717, 1.165) is 51.4 Å². The van der Waals surface area contributed by atoms with Crippen molar-refractivity contribution in [2.45, 2.75) is 53.4 Å². The van der Waals surface area contributed by atoms with Crippen LogP contribution in [0.1, 0.15) is 40.7 Å². The minimum Gasteiger partial charge on any atom is -0.308 e. The predicted molar refractivity (Wildman–Crippen MR) is 142 cm³/mol. The highest BCUT2D eigenvalue weighted by atomic mass is 28.3. The molecule has 0 aliphatic carbocycles. The van der Waals surface area contributed by atoms with Gasteiger partial charge in [0.25, 0.3) is 0 Å². The number of nitriles is 1. The Morgan fingerprint density at radius 3 is 2.35 bits per heavy atom. The van der Waals surface area contributed by atoms with Crippen LogP contribution < -0.4 is 0 Å². The van der Waals surface area contributed by atoms with Gasteiger partial charge in [0.2, 0.25) is 0 Å². The van der Waals surface area contributed by atoms with Crippen molar-refractivity contribution < 1.29 is 0 Å². The maximum Gasteiger partial charge on any atom is 0.160 e. The zero-order chi connectivity index (χ0) is 24.5. The lowest BCUT2D eigenvalue weighted by Crippen LogP contribution is -2.16. The van der Waals surface area contributed by atoms with Crippen LogP contribution in [0, 0.1) is 36.6 Å². The van der Waals surface area contributed by atoms with Crippen LogP contribution in [0.15, 0.2) is 48.5 Å². The quantitative estimate of drug-likeness (QED) is 0.259. The topological polar surface area (TPSA) is 54.5 Å². The Bertz CT molecular complexity index is 1470. The Kier molecular flexibility index (Phi) is 6.42. The van der Waals surface area contributed by atoms with E-state index in [4.69, 9.17) is 9.97 Å². The first-order chi connectivity index (χ1) is 16.2. The molecular formula is C29H30N4Si. The lowest BCUT2D eigenvalue weighted by atomic mass is 9.97. The molecule has 0 aliphatic heterocycles. The van der Waals surface area contributed by atoms with Crippen LogP contribution in [0.25, 0.3) is 22.3 Å². The minimum atomic E-state index is -1.47. The molecule has 5 heteroatoms. The third-order valence-electron chi connectivity index (χ3n) is 5.74. The summed E-state index contributed by atoms with van der Waals surface area (Å²) in [6.07, 6.45) is 0.851. The molecule has 4 aromatic rings. The van der Waals surface area contributed by atoms with Crippen LogP contribution in [0.4, 0.5) is 0 Å². The lowest BCUT2D eigenvalue weighted by molar-refractivity contribution is 0.745. The molecule has 0 bridgehead atoms. The number of rotatable bonds is 4. The third-order valence-corrected chi connectivity index (χ3v) is 6.62. The van der Waals surface area contributed by atoms with Gasteiger partial charge >= 0.3 is 0 Å². The molecule has 0 radical (unpaired) electrons. The van der Waals surface area contributed by atoms with Crippen LogP contribution in [0.5, 0.6) is 0 Å². The summed E-state index contributed by atoms with van der Waals surface area (Å²) < 4.78 is 2.22. The molecule has 0 atom stereocenters. The fraction of sp³-hybridized carbons (Fsp3) is 0.276. The zero-order valence-corrected chi connectivity index (χ0v) is 21.8. The highest BCUT2D eigenvalue weighted by Gasteiger charge is 2.14. The van der Waals surface area contributed by atoms with Crippen molar-refractivity contribution in [2.75, 3.05) is 0 Å². The van der Waals surface area contributed by atoms with Gasteiger partial charge in [-0.2, -0.15) is 5.26 Å². The molecule has 2 aromatic heterocycles. The molecule has 0 saturated heterocycles. The summed E-state index contributed by atoms with van der Waals surface area (Å²) in [6, 6.07) is 18.7. The first kappa shape index (κ1) is 23.5. The average Bonchev–Trinajstić information content (AvgIpc) is 3.15. The molecule has 0 amide bonds. The summed E-state index contributed by atoms with van der Waals surface area (Å²) in [7, 11) is -1.47. The molecule has 2 heterocycles. The molecule has 4 nitrogen and oxygen atoms in total. The maximum atomic E-state index is 9.66. The molecule has 0 aliphatic rings. The first-order valence-corrected chi connectivity index (χ1v) is 15.2. The van der Waals surface area contributed by atoms with E-state index in [-0.39, 0.29) is 0 Å². The number of aryl methyl sites for hydroxylation is 3. The van der Waals surface area contributed by atoms with Gasteiger partial charge in [-0.05, 0) is 54.8 Å². The molecule has 0 unspecified atom stereocenters. The molecule has 0 spiro atoms. The highest BCUT2D eigenvalue weighted by molar-refractivity contribution is 6.83. The monoisotopic (exact) mass is 462 g/mol. The van der Waals surface area contributed by atoms with Crippen molar-refractivity contribution in [2.24, 2.45) is 0 Å². The van der Waals surface area contributed by atoms with Crippen molar-refractivity contribution in [3.8, 4) is 28.7 Å². The van der Waals surface area contributed by atoms with Crippen LogP contribution in [-0.4, -0.2) is 22.6 Å². The van der Waals surface area contributed by atoms with Gasteiger partial charge in [0.15, 0.2) is 5.65 Å². The van der Waals surface area contributed by atoms with Crippen molar-refractivity contribution in [1.29, 1.82) is 5.26 Å². The van der Waals surface area contributed by atoms with Crippen LogP contribution in [0.2, 0.25) is 19.6 Å². The Morgan fingerprint density at radius 1 is 0.971 bits per heavy atom. The Labute approximate surface area is 203 Å². The van der Waals surface area contributed by atoms with E-state index in [1.54, 1.807) is 0 Å². The molecule has 4 rings (SSSR count). The summed E-state index contributed by atoms with van der Waals surface area (Å²) in [5.74, 6) is 4.35. The van der Waals surface area contributed by atoms with Crippen LogP contribution >= 0.6 is 0 Å². The second kappa shape index (κ2) is 9.29. The highest BCUT2D eigenvalue weighted by Crippen LogP contribution is 2.26. The van der Waals surface area contributed by atoms with Crippen molar-refractivity contribution in [3.63, 3.8) is 0 Å². The SMILES string of the molecule is CCc1nc2c(C)cc(C)nc2n1Cc1ccc(-c2cc(C#C[Si](C)(C)C)ccc2C#N)cc1. The van der Waals surface area contributed by atoms with E-state index in [1.165, 1.54) is 5.56 Å². The van der Waals surface area contributed by atoms with Gasteiger partial charge in [0.1, 0.15) is 19.4 Å². The van der Waals surface area contributed by atoms with Gasteiger partial charge in [0.05, 0.1) is 18.2 Å². The van der Waals surface area contributed by atoms with Gasteiger partial charge in [0, 0.05) is 23.2 Å². The fourth-order valence-electron chi connectivity index (χ4n) is 4.07. The lowest BCUT2D eigenvalue weighted by Gasteiger charge is -2.10. The molecule has 0 N–H and O–H groups in total. The van der Waals surface area contributed by atoms with E-state index < -0.39 is 8.07 Å². The van der Waals surface area contributed by atoms with E-state index >= 15 is 0 Å². The van der Waals surface area contributed by atoms with Gasteiger partial charge < -0.3 is 4.57 Å². The van der Waals surface area contributed by atoms with Gasteiger partial charge in [-0.25, -0.2) is 9.97 Å². The largest absolute Gasteiger partial charge is 0.308 e. The van der Waals surface area contributed by atoms with Gasteiger partial charge in [-0.1, -0.05) is 56.8 Å². The van der Waals surface area contributed by atoms with E-state index in [1.807, 2.05) is 25.1 Å². The summed E-state index contributed by atoms with van der Waals surface area (Å²) in [6.45, 7) is 13.7. The van der Waals surface area contributed by atoms with Crippen molar-refractivity contribution in [1.82, 2.24) is 14.5 Å². The number of hydrogen-bond donors (Lipinski definition) is 0. The number of aromatic nitrogens is 3. The Morgan fingerprint density at radius 2 is 1.71 bits per heavy atom.